The van der Waals surface area contributed by atoms with Gasteiger partial charge in [-0.05, 0) is 6.92 Å². The molecule has 0 spiro atoms. The van der Waals surface area contributed by atoms with Gasteiger partial charge in [0, 0.05) is 11.8 Å². The van der Waals surface area contributed by atoms with Crippen molar-refractivity contribution in [3.8, 4) is 5.75 Å². The van der Waals surface area contributed by atoms with Gasteiger partial charge in [0.1, 0.15) is 5.75 Å². The lowest BCUT2D eigenvalue weighted by molar-refractivity contribution is 0.111. The number of aldehydes is 1. The van der Waals surface area contributed by atoms with Gasteiger partial charge in [0.05, 0.1) is 17.9 Å². The van der Waals surface area contributed by atoms with Gasteiger partial charge in [0.15, 0.2) is 6.29 Å². The fraction of sp³-hybridized carbons (Fsp3) is 0.250. The van der Waals surface area contributed by atoms with Gasteiger partial charge in [-0.2, -0.15) is 8.62 Å². The molecule has 0 aliphatic heterocycles. The fourth-order valence-corrected chi connectivity index (χ4v) is 3.73. The van der Waals surface area contributed by atoms with Crippen LogP contribution < -0.4 is 0 Å². The summed E-state index contributed by atoms with van der Waals surface area (Å²) in [6.45, 7) is 1.29. The Morgan fingerprint density at radius 2 is 1.52 bits per heavy atom. The maximum atomic E-state index is 10.5. The molecule has 25 heavy (non-hydrogen) atoms. The van der Waals surface area contributed by atoms with Crippen LogP contribution in [0.15, 0.2) is 6.20 Å². The first-order valence-corrected chi connectivity index (χ1v) is 10.3. The first kappa shape index (κ1) is 24.0. The van der Waals surface area contributed by atoms with Crippen LogP contribution in [0.1, 0.15) is 21.6 Å². The van der Waals surface area contributed by atoms with Crippen LogP contribution in [0.2, 0.25) is 0 Å². The zero-order valence-electron chi connectivity index (χ0n) is 12.2. The van der Waals surface area contributed by atoms with Gasteiger partial charge in [-0.3, -0.25) is 9.78 Å². The van der Waals surface area contributed by atoms with Crippen molar-refractivity contribution >= 4 is 29.8 Å². The zero-order valence-corrected chi connectivity index (χ0v) is 14.9. The van der Waals surface area contributed by atoms with E-state index >= 15 is 0 Å². The van der Waals surface area contributed by atoms with Crippen LogP contribution in [0.4, 0.5) is 0 Å². The highest BCUT2D eigenvalue weighted by atomic mass is 31.3. The second kappa shape index (κ2) is 9.08. The topological polar surface area (TPSA) is 241 Å². The molecule has 0 radical (unpaired) electrons. The molecule has 0 saturated carbocycles. The smallest absolute Gasteiger partial charge is 0.490 e. The summed E-state index contributed by atoms with van der Waals surface area (Å²) in [6.07, 6.45) is 1.88. The standard InChI is InChI=1S/C8H9NO3.H5O10P3/c1-5-8(12)7(4-11)6(3-10)2-9-5;1-11(2,3)9-13(7,8)10-12(4,5)6/h2,4,10,12H,3H2,1H3;(H,7,8)(H2,1,2,3)(H2,4,5,6). The first-order valence-electron chi connectivity index (χ1n) is 5.72. The Kier molecular flexibility index (Phi) is 8.71. The number of aliphatic hydroxyl groups is 1. The number of rotatable bonds is 6. The van der Waals surface area contributed by atoms with E-state index in [-0.39, 0.29) is 17.9 Å². The maximum absolute atomic E-state index is 10.5. The maximum Gasteiger partial charge on any atom is 0.490 e. The van der Waals surface area contributed by atoms with E-state index in [4.69, 9.17) is 29.6 Å². The number of aromatic hydroxyl groups is 1. The van der Waals surface area contributed by atoms with Crippen LogP contribution in [0.3, 0.4) is 0 Å². The molecule has 144 valence electrons. The Morgan fingerprint density at radius 1 is 1.08 bits per heavy atom. The Bertz CT molecular complexity index is 724. The fourth-order valence-electron chi connectivity index (χ4n) is 1.19. The largest absolute Gasteiger partial charge is 0.505 e. The van der Waals surface area contributed by atoms with Crippen LogP contribution in [-0.2, 0) is 28.9 Å². The van der Waals surface area contributed by atoms with Gasteiger partial charge < -0.3 is 34.7 Å². The van der Waals surface area contributed by atoms with Crippen molar-refractivity contribution in [3.63, 3.8) is 0 Å². The molecule has 1 heterocycles. The summed E-state index contributed by atoms with van der Waals surface area (Å²) in [5, 5.41) is 18.1. The van der Waals surface area contributed by atoms with E-state index in [9.17, 15) is 23.6 Å². The minimum atomic E-state index is -5.46. The average Bonchev–Trinajstić information content (AvgIpc) is 2.36. The molecule has 1 rings (SSSR count). The molecule has 0 atom stereocenters. The molecular weight excluding hydrogens is 411 g/mol. The predicted molar refractivity (Wildman–Crippen MR) is 78.0 cm³/mol. The van der Waals surface area contributed by atoms with Crippen LogP contribution in [-0.4, -0.2) is 46.0 Å². The van der Waals surface area contributed by atoms with Crippen molar-refractivity contribution in [1.29, 1.82) is 0 Å². The number of carbonyl (C=O) groups is 1. The van der Waals surface area contributed by atoms with Crippen molar-refractivity contribution in [3.05, 3.63) is 23.0 Å². The number of hydrogen-bond acceptors (Lipinski definition) is 9. The van der Waals surface area contributed by atoms with Crippen molar-refractivity contribution in [2.75, 3.05) is 0 Å². The second-order valence-electron chi connectivity index (χ2n) is 4.02. The lowest BCUT2D eigenvalue weighted by atomic mass is 10.1. The third-order valence-electron chi connectivity index (χ3n) is 2.07. The van der Waals surface area contributed by atoms with Gasteiger partial charge in [0.2, 0.25) is 0 Å². The summed E-state index contributed by atoms with van der Waals surface area (Å²) >= 11 is 0. The van der Waals surface area contributed by atoms with E-state index in [0.29, 0.717) is 17.5 Å². The number of nitrogens with zero attached hydrogens (tertiary/aromatic N) is 1. The highest BCUT2D eigenvalue weighted by Gasteiger charge is 2.38. The van der Waals surface area contributed by atoms with Crippen molar-refractivity contribution < 1.29 is 61.8 Å². The van der Waals surface area contributed by atoms with Crippen LogP contribution in [0.25, 0.3) is 0 Å². The highest BCUT2D eigenvalue weighted by Crippen LogP contribution is 2.64. The number of aliphatic hydroxyl groups excluding tert-OH is 1. The molecule has 17 heteroatoms. The summed E-state index contributed by atoms with van der Waals surface area (Å²) in [5.41, 5.74) is 0.840. The summed E-state index contributed by atoms with van der Waals surface area (Å²) in [5.74, 6) is -0.156. The molecule has 1 aromatic rings. The number of pyridine rings is 1. The molecule has 0 aromatic carbocycles. The number of phosphoric acid groups is 3. The van der Waals surface area contributed by atoms with Crippen LogP contribution in [0, 0.1) is 6.92 Å². The molecule has 7 N–H and O–H groups in total. The van der Waals surface area contributed by atoms with E-state index in [1.165, 1.54) is 6.20 Å². The van der Waals surface area contributed by atoms with Gasteiger partial charge >= 0.3 is 23.5 Å². The summed E-state index contributed by atoms with van der Waals surface area (Å²) < 4.78 is 36.4. The molecule has 14 nitrogen and oxygen atoms in total. The summed E-state index contributed by atoms with van der Waals surface area (Å²) in [7, 11) is -16.2. The molecule has 0 amide bonds. The SMILES string of the molecule is Cc1ncc(CO)c(C=O)c1O.O=P(O)(O)OP(=O)(O)OP(=O)(O)O. The van der Waals surface area contributed by atoms with E-state index < -0.39 is 23.5 Å². The molecule has 0 aliphatic carbocycles. The predicted octanol–water partition coefficient (Wildman–Crippen LogP) is -0.294. The molecule has 0 unspecified atom stereocenters. The number of aromatic nitrogens is 1. The van der Waals surface area contributed by atoms with E-state index in [2.05, 4.69) is 13.6 Å². The number of aryl methyl sites for hydroxylation is 1. The van der Waals surface area contributed by atoms with Crippen molar-refractivity contribution in [1.82, 2.24) is 4.98 Å². The molecular formula is C8H14NO13P3. The van der Waals surface area contributed by atoms with Crippen molar-refractivity contribution in [2.45, 2.75) is 13.5 Å². The Labute approximate surface area is 139 Å². The Hall–Kier alpha value is -1.01. The van der Waals surface area contributed by atoms with E-state index in [1.54, 1.807) is 6.92 Å². The molecule has 0 aliphatic rings. The first-order chi connectivity index (χ1) is 11.1. The number of hydrogen-bond donors (Lipinski definition) is 7. The van der Waals surface area contributed by atoms with Gasteiger partial charge in [-0.15, -0.1) is 0 Å². The second-order valence-corrected chi connectivity index (χ2v) is 8.23. The average molecular weight is 425 g/mol. The minimum Gasteiger partial charge on any atom is -0.505 e. The minimum absolute atomic E-state index is 0.116. The van der Waals surface area contributed by atoms with E-state index in [1.807, 2.05) is 0 Å². The Morgan fingerprint density at radius 3 is 1.84 bits per heavy atom. The number of carbonyl (C=O) groups excluding carboxylic acids is 1. The third kappa shape index (κ3) is 9.90. The van der Waals surface area contributed by atoms with Crippen LogP contribution in [0.5, 0.6) is 5.75 Å². The molecule has 0 saturated heterocycles. The third-order valence-corrected chi connectivity index (χ3v) is 5.42. The van der Waals surface area contributed by atoms with Gasteiger partial charge in [-0.1, -0.05) is 0 Å². The van der Waals surface area contributed by atoms with Crippen molar-refractivity contribution in [2.24, 2.45) is 0 Å². The van der Waals surface area contributed by atoms with Crippen LogP contribution >= 0.6 is 23.5 Å². The molecule has 0 bridgehead atoms. The quantitative estimate of drug-likeness (QED) is 0.229. The lowest BCUT2D eigenvalue weighted by Gasteiger charge is -2.11. The zero-order chi connectivity index (χ0) is 20.1. The monoisotopic (exact) mass is 425 g/mol. The normalized spacial score (nSPS) is 12.3. The van der Waals surface area contributed by atoms with Gasteiger partial charge in [0.25, 0.3) is 0 Å². The molecule has 1 aromatic heterocycles. The van der Waals surface area contributed by atoms with Gasteiger partial charge in [-0.25, -0.2) is 13.7 Å². The lowest BCUT2D eigenvalue weighted by Crippen LogP contribution is -1.96. The summed E-state index contributed by atoms with van der Waals surface area (Å²) in [4.78, 5) is 54.5. The Balaban J connectivity index is 0.000000462. The molecule has 0 fully saturated rings. The summed E-state index contributed by atoms with van der Waals surface area (Å²) in [6, 6.07) is 0. The van der Waals surface area contributed by atoms with E-state index in [0.717, 1.165) is 0 Å². The highest BCUT2D eigenvalue weighted by molar-refractivity contribution is 7.66.